The summed E-state index contributed by atoms with van der Waals surface area (Å²) in [5, 5.41) is 5.04. The summed E-state index contributed by atoms with van der Waals surface area (Å²) < 4.78 is 0. The lowest BCUT2D eigenvalue weighted by molar-refractivity contribution is 0.902. The molecule has 0 saturated heterocycles. The predicted molar refractivity (Wildman–Crippen MR) is 68.0 cm³/mol. The number of halogens is 1. The lowest BCUT2D eigenvalue weighted by Gasteiger charge is -2.07. The van der Waals surface area contributed by atoms with E-state index in [0.29, 0.717) is 10.5 Å². The van der Waals surface area contributed by atoms with Gasteiger partial charge in [0.25, 0.3) is 0 Å². The van der Waals surface area contributed by atoms with Gasteiger partial charge in [0.15, 0.2) is 0 Å². The highest BCUT2D eigenvalue weighted by Gasteiger charge is 2.10. The summed E-state index contributed by atoms with van der Waals surface area (Å²) in [6.07, 6.45) is 1.12. The molecule has 0 fully saturated rings. The highest BCUT2D eigenvalue weighted by atomic mass is 35.5. The average Bonchev–Trinajstić information content (AvgIpc) is 2.65. The largest absolute Gasteiger partial charge is 0.224 e. The Morgan fingerprint density at radius 3 is 3.07 bits per heavy atom. The van der Waals surface area contributed by atoms with E-state index < -0.39 is 0 Å². The summed E-state index contributed by atoms with van der Waals surface area (Å²) in [6, 6.07) is 2.06. The van der Waals surface area contributed by atoms with Crippen molar-refractivity contribution in [2.75, 3.05) is 0 Å². The van der Waals surface area contributed by atoms with Crippen molar-refractivity contribution in [1.82, 2.24) is 9.97 Å². The summed E-state index contributed by atoms with van der Waals surface area (Å²) in [5.74, 6) is 0. The van der Waals surface area contributed by atoms with Crippen molar-refractivity contribution in [3.63, 3.8) is 0 Å². The molecule has 0 spiro atoms. The fourth-order valence-electron chi connectivity index (χ4n) is 1.17. The summed E-state index contributed by atoms with van der Waals surface area (Å²) in [5.41, 5.74) is 0. The molecule has 5 heteroatoms. The van der Waals surface area contributed by atoms with E-state index in [1.165, 1.54) is 0 Å². The quantitative estimate of drug-likeness (QED) is 0.468. The minimum atomic E-state index is 0.343. The number of rotatable bonds is 3. The number of hydrogen-bond donors (Lipinski definition) is 0. The van der Waals surface area contributed by atoms with Crippen LogP contribution in [0, 0.1) is 0 Å². The van der Waals surface area contributed by atoms with E-state index in [1.807, 2.05) is 5.38 Å². The van der Waals surface area contributed by atoms with Gasteiger partial charge in [-0.25, -0.2) is 9.97 Å². The standard InChI is InChI=1S/C10H11ClN2S2/c1-3-6(2)15-9-7-4-5-14-8(7)12-10(11)13-9/h4-6H,3H2,1-2H3. The fourth-order valence-corrected chi connectivity index (χ4v) is 3.24. The van der Waals surface area contributed by atoms with Gasteiger partial charge < -0.3 is 0 Å². The molecule has 0 amide bonds. The third kappa shape index (κ3) is 2.44. The van der Waals surface area contributed by atoms with Crippen LogP contribution in [0.3, 0.4) is 0 Å². The predicted octanol–water partition coefficient (Wildman–Crippen LogP) is 4.24. The van der Waals surface area contributed by atoms with E-state index in [9.17, 15) is 0 Å². The zero-order chi connectivity index (χ0) is 10.8. The number of thiophene rings is 1. The molecule has 15 heavy (non-hydrogen) atoms. The van der Waals surface area contributed by atoms with Gasteiger partial charge >= 0.3 is 0 Å². The van der Waals surface area contributed by atoms with Gasteiger partial charge in [-0.05, 0) is 29.5 Å². The first-order chi connectivity index (χ1) is 7.20. The van der Waals surface area contributed by atoms with Gasteiger partial charge in [0.2, 0.25) is 5.28 Å². The molecule has 0 aromatic carbocycles. The summed E-state index contributed by atoms with van der Waals surface area (Å²) in [7, 11) is 0. The molecule has 2 rings (SSSR count). The van der Waals surface area contributed by atoms with Crippen molar-refractivity contribution in [3.8, 4) is 0 Å². The first kappa shape index (κ1) is 11.2. The molecule has 0 aliphatic carbocycles. The van der Waals surface area contributed by atoms with Gasteiger partial charge in [-0.1, -0.05) is 13.8 Å². The molecular formula is C10H11ClN2S2. The van der Waals surface area contributed by atoms with Crippen molar-refractivity contribution in [2.24, 2.45) is 0 Å². The molecule has 1 atom stereocenters. The smallest absolute Gasteiger partial charge is 0.211 e. The second-order valence-electron chi connectivity index (χ2n) is 3.27. The SMILES string of the molecule is CCC(C)Sc1nc(Cl)nc2sccc12. The van der Waals surface area contributed by atoms with Crippen LogP contribution in [-0.4, -0.2) is 15.2 Å². The average molecular weight is 259 g/mol. The summed E-state index contributed by atoms with van der Waals surface area (Å²) in [4.78, 5) is 9.45. The fraction of sp³-hybridized carbons (Fsp3) is 0.400. The molecule has 1 unspecified atom stereocenters. The van der Waals surface area contributed by atoms with Crippen molar-refractivity contribution < 1.29 is 0 Å². The van der Waals surface area contributed by atoms with Crippen LogP contribution in [0.1, 0.15) is 20.3 Å². The highest BCUT2D eigenvalue weighted by molar-refractivity contribution is 8.00. The number of fused-ring (bicyclic) bond motifs is 1. The lowest BCUT2D eigenvalue weighted by Crippen LogP contribution is -1.95. The van der Waals surface area contributed by atoms with Crippen molar-refractivity contribution in [3.05, 3.63) is 16.7 Å². The third-order valence-corrected chi connectivity index (χ3v) is 4.40. The Morgan fingerprint density at radius 2 is 2.33 bits per heavy atom. The Morgan fingerprint density at radius 1 is 1.53 bits per heavy atom. The van der Waals surface area contributed by atoms with Crippen LogP contribution in [0.5, 0.6) is 0 Å². The maximum Gasteiger partial charge on any atom is 0.224 e. The molecule has 0 radical (unpaired) electrons. The molecule has 0 bridgehead atoms. The van der Waals surface area contributed by atoms with E-state index in [4.69, 9.17) is 11.6 Å². The molecule has 2 nitrogen and oxygen atoms in total. The van der Waals surface area contributed by atoms with Crippen molar-refractivity contribution in [2.45, 2.75) is 30.5 Å². The Balaban J connectivity index is 2.44. The van der Waals surface area contributed by atoms with Gasteiger partial charge in [-0.3, -0.25) is 0 Å². The number of nitrogens with zero attached hydrogens (tertiary/aromatic N) is 2. The molecule has 0 aliphatic rings. The van der Waals surface area contributed by atoms with E-state index in [0.717, 1.165) is 21.7 Å². The molecule has 0 saturated carbocycles. The third-order valence-electron chi connectivity index (χ3n) is 2.15. The maximum absolute atomic E-state index is 5.88. The van der Waals surface area contributed by atoms with Gasteiger partial charge in [0.05, 0.1) is 0 Å². The van der Waals surface area contributed by atoms with Crippen LogP contribution in [0.2, 0.25) is 5.28 Å². The minimum absolute atomic E-state index is 0.343. The summed E-state index contributed by atoms with van der Waals surface area (Å²) in [6.45, 7) is 4.37. The minimum Gasteiger partial charge on any atom is -0.211 e. The molecule has 0 aliphatic heterocycles. The summed E-state index contributed by atoms with van der Waals surface area (Å²) >= 11 is 9.24. The molecule has 2 heterocycles. The van der Waals surface area contributed by atoms with Crippen molar-refractivity contribution in [1.29, 1.82) is 0 Å². The molecular weight excluding hydrogens is 248 g/mol. The number of aromatic nitrogens is 2. The molecule has 2 aromatic heterocycles. The van der Waals surface area contributed by atoms with E-state index >= 15 is 0 Å². The van der Waals surface area contributed by atoms with Gasteiger partial charge in [0, 0.05) is 10.6 Å². The Bertz CT molecular complexity index is 469. The van der Waals surface area contributed by atoms with E-state index in [-0.39, 0.29) is 0 Å². The van der Waals surface area contributed by atoms with Crippen LogP contribution in [-0.2, 0) is 0 Å². The number of hydrogen-bond acceptors (Lipinski definition) is 4. The zero-order valence-corrected chi connectivity index (χ0v) is 10.9. The normalized spacial score (nSPS) is 13.3. The maximum atomic E-state index is 5.88. The van der Waals surface area contributed by atoms with Gasteiger partial charge in [-0.2, -0.15) is 0 Å². The van der Waals surface area contributed by atoms with Crippen LogP contribution in [0.25, 0.3) is 10.2 Å². The Kier molecular flexibility index (Phi) is 3.49. The molecule has 80 valence electrons. The second kappa shape index (κ2) is 4.68. The van der Waals surface area contributed by atoms with Crippen molar-refractivity contribution >= 4 is 44.9 Å². The van der Waals surface area contributed by atoms with Crippen LogP contribution >= 0.6 is 34.7 Å². The topological polar surface area (TPSA) is 25.8 Å². The Hall–Kier alpha value is -0.320. The van der Waals surface area contributed by atoms with E-state index in [2.05, 4.69) is 29.9 Å². The number of thioether (sulfide) groups is 1. The van der Waals surface area contributed by atoms with Gasteiger partial charge in [-0.15, -0.1) is 23.1 Å². The van der Waals surface area contributed by atoms with Gasteiger partial charge in [0.1, 0.15) is 9.86 Å². The molecule has 2 aromatic rings. The first-order valence-electron chi connectivity index (χ1n) is 4.78. The Labute approximate surface area is 102 Å². The highest BCUT2D eigenvalue weighted by Crippen LogP contribution is 2.32. The van der Waals surface area contributed by atoms with Crippen LogP contribution < -0.4 is 0 Å². The monoisotopic (exact) mass is 258 g/mol. The molecule has 0 N–H and O–H groups in total. The second-order valence-corrected chi connectivity index (χ2v) is 5.93. The van der Waals surface area contributed by atoms with Crippen LogP contribution in [0.15, 0.2) is 16.5 Å². The van der Waals surface area contributed by atoms with E-state index in [1.54, 1.807) is 23.1 Å². The zero-order valence-electron chi connectivity index (χ0n) is 8.53. The lowest BCUT2D eigenvalue weighted by atomic mass is 10.4. The van der Waals surface area contributed by atoms with Crippen LogP contribution in [0.4, 0.5) is 0 Å². The first-order valence-corrected chi connectivity index (χ1v) is 6.92.